The molecule has 1 aromatic rings. The van der Waals surface area contributed by atoms with Crippen LogP contribution < -0.4 is 10.6 Å². The highest BCUT2D eigenvalue weighted by Gasteiger charge is 2.19. The lowest BCUT2D eigenvalue weighted by molar-refractivity contribution is -0.118. The summed E-state index contributed by atoms with van der Waals surface area (Å²) in [6.07, 6.45) is 2.62. The van der Waals surface area contributed by atoms with Crippen LogP contribution in [0.5, 0.6) is 0 Å². The van der Waals surface area contributed by atoms with Crippen LogP contribution in [-0.2, 0) is 11.3 Å². The molecule has 20 heavy (non-hydrogen) atoms. The summed E-state index contributed by atoms with van der Waals surface area (Å²) < 4.78 is 0. The van der Waals surface area contributed by atoms with Crippen molar-refractivity contribution in [3.63, 3.8) is 0 Å². The van der Waals surface area contributed by atoms with Gasteiger partial charge in [-0.2, -0.15) is 0 Å². The van der Waals surface area contributed by atoms with E-state index in [9.17, 15) is 4.79 Å². The number of nitrogens with one attached hydrogen (secondary N) is 2. The van der Waals surface area contributed by atoms with Crippen molar-refractivity contribution in [2.75, 3.05) is 12.3 Å². The normalized spacial score (nSPS) is 14.6. The van der Waals surface area contributed by atoms with Gasteiger partial charge in [0.05, 0.1) is 5.75 Å². The monoisotopic (exact) mass is 292 g/mol. The van der Waals surface area contributed by atoms with Crippen molar-refractivity contribution in [1.82, 2.24) is 10.6 Å². The molecule has 1 aromatic carbocycles. The van der Waals surface area contributed by atoms with Gasteiger partial charge >= 0.3 is 0 Å². The number of carbonyl (C=O) groups excluding carboxylic acids is 1. The number of rotatable bonds is 8. The molecule has 0 aliphatic heterocycles. The first-order valence-electron chi connectivity index (χ1n) is 7.35. The van der Waals surface area contributed by atoms with Crippen LogP contribution >= 0.6 is 11.8 Å². The maximum atomic E-state index is 11.7. The van der Waals surface area contributed by atoms with Crippen LogP contribution in [0.4, 0.5) is 0 Å². The highest BCUT2D eigenvalue weighted by Crippen LogP contribution is 2.21. The van der Waals surface area contributed by atoms with E-state index in [0.29, 0.717) is 11.7 Å². The fraction of sp³-hybridized carbons (Fsp3) is 0.562. The topological polar surface area (TPSA) is 41.1 Å². The maximum absolute atomic E-state index is 11.7. The van der Waals surface area contributed by atoms with Crippen molar-refractivity contribution < 1.29 is 4.79 Å². The fourth-order valence-electron chi connectivity index (χ4n) is 1.81. The van der Waals surface area contributed by atoms with Gasteiger partial charge < -0.3 is 10.6 Å². The molecule has 0 heterocycles. The van der Waals surface area contributed by atoms with E-state index in [1.165, 1.54) is 23.3 Å². The molecule has 110 valence electrons. The molecule has 1 fully saturated rings. The molecule has 0 saturated heterocycles. The molecule has 1 amide bonds. The molecule has 0 unspecified atom stereocenters. The van der Waals surface area contributed by atoms with Gasteiger partial charge in [0, 0.05) is 24.0 Å². The van der Waals surface area contributed by atoms with Crippen LogP contribution in [0.3, 0.4) is 0 Å². The summed E-state index contributed by atoms with van der Waals surface area (Å²) in [5.74, 6) is 1.11. The molecule has 1 saturated carbocycles. The van der Waals surface area contributed by atoms with Crippen LogP contribution in [0.1, 0.15) is 32.3 Å². The molecule has 0 radical (unpaired) electrons. The molecule has 2 N–H and O–H groups in total. The number of benzene rings is 1. The van der Waals surface area contributed by atoms with E-state index in [4.69, 9.17) is 0 Å². The molecular weight excluding hydrogens is 268 g/mol. The van der Waals surface area contributed by atoms with Crippen molar-refractivity contribution in [3.8, 4) is 0 Å². The third-order valence-corrected chi connectivity index (χ3v) is 4.14. The molecule has 1 aliphatic rings. The van der Waals surface area contributed by atoms with Crippen LogP contribution in [0, 0.1) is 5.92 Å². The molecule has 0 atom stereocenters. The van der Waals surface area contributed by atoms with Crippen molar-refractivity contribution >= 4 is 17.7 Å². The van der Waals surface area contributed by atoms with Gasteiger partial charge in [-0.3, -0.25) is 4.79 Å². The van der Waals surface area contributed by atoms with E-state index >= 15 is 0 Å². The predicted octanol–water partition coefficient (Wildman–Crippen LogP) is 2.80. The van der Waals surface area contributed by atoms with Crippen LogP contribution in [0.25, 0.3) is 0 Å². The van der Waals surface area contributed by atoms with Gasteiger partial charge in [-0.05, 0) is 36.5 Å². The van der Waals surface area contributed by atoms with Crippen molar-refractivity contribution in [1.29, 1.82) is 0 Å². The Morgan fingerprint density at radius 2 is 2.20 bits per heavy atom. The third-order valence-electron chi connectivity index (χ3n) is 3.15. The van der Waals surface area contributed by atoms with Crippen LogP contribution in [-0.4, -0.2) is 24.2 Å². The highest BCUT2D eigenvalue weighted by molar-refractivity contribution is 8.00. The maximum Gasteiger partial charge on any atom is 0.230 e. The van der Waals surface area contributed by atoms with Crippen molar-refractivity contribution in [2.45, 2.75) is 44.2 Å². The lowest BCUT2D eigenvalue weighted by Crippen LogP contribution is -2.28. The Balaban J connectivity index is 1.73. The Morgan fingerprint density at radius 1 is 1.40 bits per heavy atom. The Kier molecular flexibility index (Phi) is 5.92. The molecule has 2 rings (SSSR count). The summed E-state index contributed by atoms with van der Waals surface area (Å²) in [5.41, 5.74) is 1.30. The molecule has 4 heteroatoms. The number of thioether (sulfide) groups is 1. The summed E-state index contributed by atoms with van der Waals surface area (Å²) in [5, 5.41) is 6.45. The van der Waals surface area contributed by atoms with Gasteiger partial charge in [0.25, 0.3) is 0 Å². The summed E-state index contributed by atoms with van der Waals surface area (Å²) in [4.78, 5) is 12.9. The van der Waals surface area contributed by atoms with E-state index in [1.807, 2.05) is 0 Å². The standard InChI is InChI=1S/C16H24N2OS/c1-12(2)9-18-16(19)11-20-15-5-3-4-13(8-15)10-17-14-6-7-14/h3-5,8,12,14,17H,6-7,9-11H2,1-2H3,(H,18,19). The summed E-state index contributed by atoms with van der Waals surface area (Å²) in [6.45, 7) is 5.89. The summed E-state index contributed by atoms with van der Waals surface area (Å²) in [7, 11) is 0. The number of hydrogen-bond donors (Lipinski definition) is 2. The molecule has 1 aliphatic carbocycles. The van der Waals surface area contributed by atoms with Gasteiger partial charge in [-0.15, -0.1) is 11.8 Å². The second-order valence-electron chi connectivity index (χ2n) is 5.79. The first-order valence-corrected chi connectivity index (χ1v) is 8.34. The van der Waals surface area contributed by atoms with Gasteiger partial charge in [0.1, 0.15) is 0 Å². The summed E-state index contributed by atoms with van der Waals surface area (Å²) in [6, 6.07) is 9.18. The Labute approximate surface area is 125 Å². The zero-order valence-electron chi connectivity index (χ0n) is 12.3. The van der Waals surface area contributed by atoms with E-state index in [0.717, 1.165) is 19.1 Å². The van der Waals surface area contributed by atoms with Crippen LogP contribution in [0.2, 0.25) is 0 Å². The molecule has 3 nitrogen and oxygen atoms in total. The number of hydrogen-bond acceptors (Lipinski definition) is 3. The SMILES string of the molecule is CC(C)CNC(=O)CSc1cccc(CNC2CC2)c1. The minimum Gasteiger partial charge on any atom is -0.355 e. The first-order chi connectivity index (χ1) is 9.63. The van der Waals surface area contributed by atoms with E-state index in [1.54, 1.807) is 11.8 Å². The number of carbonyl (C=O) groups is 1. The third kappa shape index (κ3) is 5.97. The zero-order valence-corrected chi connectivity index (χ0v) is 13.1. The van der Waals surface area contributed by atoms with Gasteiger partial charge in [-0.25, -0.2) is 0 Å². The van der Waals surface area contributed by atoms with E-state index in [-0.39, 0.29) is 5.91 Å². The number of amides is 1. The Hall–Kier alpha value is -1.00. The lowest BCUT2D eigenvalue weighted by atomic mass is 10.2. The minimum absolute atomic E-state index is 0.116. The van der Waals surface area contributed by atoms with Crippen LogP contribution in [0.15, 0.2) is 29.2 Å². The van der Waals surface area contributed by atoms with Gasteiger partial charge in [-0.1, -0.05) is 26.0 Å². The predicted molar refractivity (Wildman–Crippen MR) is 84.9 cm³/mol. The Morgan fingerprint density at radius 3 is 2.90 bits per heavy atom. The second-order valence-corrected chi connectivity index (χ2v) is 6.84. The molecular formula is C16H24N2OS. The summed E-state index contributed by atoms with van der Waals surface area (Å²) >= 11 is 1.60. The Bertz CT molecular complexity index is 444. The highest BCUT2D eigenvalue weighted by atomic mass is 32.2. The lowest BCUT2D eigenvalue weighted by Gasteiger charge is -2.08. The minimum atomic E-state index is 0.116. The van der Waals surface area contributed by atoms with E-state index < -0.39 is 0 Å². The fourth-order valence-corrected chi connectivity index (χ4v) is 2.62. The second kappa shape index (κ2) is 7.70. The zero-order chi connectivity index (χ0) is 14.4. The van der Waals surface area contributed by atoms with Crippen molar-refractivity contribution in [2.24, 2.45) is 5.92 Å². The van der Waals surface area contributed by atoms with Crippen molar-refractivity contribution in [3.05, 3.63) is 29.8 Å². The molecule has 0 spiro atoms. The average Bonchev–Trinajstić information content (AvgIpc) is 3.25. The average molecular weight is 292 g/mol. The largest absolute Gasteiger partial charge is 0.355 e. The quantitative estimate of drug-likeness (QED) is 0.724. The molecule has 0 aromatic heterocycles. The first kappa shape index (κ1) is 15.4. The van der Waals surface area contributed by atoms with E-state index in [2.05, 4.69) is 48.7 Å². The smallest absolute Gasteiger partial charge is 0.230 e. The molecule has 0 bridgehead atoms. The van der Waals surface area contributed by atoms with Gasteiger partial charge in [0.2, 0.25) is 5.91 Å². The van der Waals surface area contributed by atoms with Gasteiger partial charge in [0.15, 0.2) is 0 Å².